The first kappa shape index (κ1) is 12.2. The number of amides is 1. The number of primary amides is 1. The van der Waals surface area contributed by atoms with Gasteiger partial charge in [-0.05, 0) is 43.4 Å². The topological polar surface area (TPSA) is 55.1 Å². The molecule has 0 spiro atoms. The number of carbonyl (C=O) groups excluding carboxylic acids is 1. The summed E-state index contributed by atoms with van der Waals surface area (Å²) in [5, 5.41) is 4.03. The maximum atomic E-state index is 11.1. The average Bonchev–Trinajstić information content (AvgIpc) is 2.67. The van der Waals surface area contributed by atoms with Gasteiger partial charge in [-0.3, -0.25) is 4.79 Å². The Bertz CT molecular complexity index is 433. The van der Waals surface area contributed by atoms with Gasteiger partial charge in [0.1, 0.15) is 0 Å². The molecule has 0 radical (unpaired) electrons. The van der Waals surface area contributed by atoms with Gasteiger partial charge in [0.2, 0.25) is 5.91 Å². The lowest BCUT2D eigenvalue weighted by Crippen LogP contribution is -2.17. The van der Waals surface area contributed by atoms with E-state index in [1.165, 1.54) is 6.42 Å². The average molecular weight is 253 g/mol. The van der Waals surface area contributed by atoms with E-state index in [0.29, 0.717) is 16.6 Å². The van der Waals surface area contributed by atoms with Crippen LogP contribution in [-0.2, 0) is 0 Å². The van der Waals surface area contributed by atoms with E-state index in [0.717, 1.165) is 24.4 Å². The largest absolute Gasteiger partial charge is 0.381 e. The van der Waals surface area contributed by atoms with Crippen LogP contribution in [0.3, 0.4) is 0 Å². The molecule has 1 aromatic carbocycles. The predicted molar refractivity (Wildman–Crippen MR) is 70.4 cm³/mol. The molecule has 0 bridgehead atoms. The van der Waals surface area contributed by atoms with E-state index in [9.17, 15) is 4.79 Å². The van der Waals surface area contributed by atoms with Crippen molar-refractivity contribution < 1.29 is 4.79 Å². The van der Waals surface area contributed by atoms with Gasteiger partial charge >= 0.3 is 0 Å². The monoisotopic (exact) mass is 252 g/mol. The van der Waals surface area contributed by atoms with Gasteiger partial charge < -0.3 is 11.1 Å². The van der Waals surface area contributed by atoms with Crippen LogP contribution in [0.2, 0.25) is 5.02 Å². The molecule has 3 nitrogen and oxygen atoms in total. The highest BCUT2D eigenvalue weighted by molar-refractivity contribution is 6.33. The van der Waals surface area contributed by atoms with Gasteiger partial charge in [0, 0.05) is 11.6 Å². The summed E-state index contributed by atoms with van der Waals surface area (Å²) in [5.41, 5.74) is 6.55. The number of hydrogen-bond acceptors (Lipinski definition) is 2. The first-order valence-corrected chi connectivity index (χ1v) is 6.30. The Morgan fingerprint density at radius 1 is 1.47 bits per heavy atom. The molecule has 0 heterocycles. The fourth-order valence-electron chi connectivity index (χ4n) is 2.35. The zero-order chi connectivity index (χ0) is 12.4. The van der Waals surface area contributed by atoms with Gasteiger partial charge in [0.25, 0.3) is 0 Å². The van der Waals surface area contributed by atoms with Crippen LogP contribution >= 0.6 is 11.6 Å². The molecule has 1 aromatic rings. The van der Waals surface area contributed by atoms with Crippen molar-refractivity contribution in [1.82, 2.24) is 0 Å². The molecule has 2 rings (SSSR count). The molecule has 2 unspecified atom stereocenters. The van der Waals surface area contributed by atoms with E-state index >= 15 is 0 Å². The molecule has 1 fully saturated rings. The van der Waals surface area contributed by atoms with Crippen molar-refractivity contribution in [2.75, 3.05) is 5.32 Å². The highest BCUT2D eigenvalue weighted by atomic mass is 35.5. The molecule has 1 saturated carbocycles. The van der Waals surface area contributed by atoms with Crippen molar-refractivity contribution in [2.24, 2.45) is 11.7 Å². The van der Waals surface area contributed by atoms with E-state index < -0.39 is 5.91 Å². The Hall–Kier alpha value is -1.22. The molecule has 1 aliphatic rings. The highest BCUT2D eigenvalue weighted by Crippen LogP contribution is 2.30. The third-order valence-corrected chi connectivity index (χ3v) is 3.63. The minimum atomic E-state index is -0.426. The van der Waals surface area contributed by atoms with Crippen molar-refractivity contribution in [1.29, 1.82) is 0 Å². The number of nitrogens with one attached hydrogen (secondary N) is 1. The Kier molecular flexibility index (Phi) is 3.57. The number of rotatable bonds is 3. The van der Waals surface area contributed by atoms with Gasteiger partial charge in [0.15, 0.2) is 0 Å². The lowest BCUT2D eigenvalue weighted by atomic mass is 10.1. The Labute approximate surface area is 106 Å². The van der Waals surface area contributed by atoms with Gasteiger partial charge in [-0.1, -0.05) is 18.5 Å². The fraction of sp³-hybridized carbons (Fsp3) is 0.462. The molecule has 4 heteroatoms. The zero-order valence-electron chi connectivity index (χ0n) is 9.87. The number of benzene rings is 1. The summed E-state index contributed by atoms with van der Waals surface area (Å²) < 4.78 is 0. The Morgan fingerprint density at radius 3 is 2.82 bits per heavy atom. The van der Waals surface area contributed by atoms with Crippen LogP contribution in [-0.4, -0.2) is 11.9 Å². The SMILES string of the molecule is CC1CCC(Nc2cc(C(N)=O)ccc2Cl)C1. The molecular formula is C13H17ClN2O. The summed E-state index contributed by atoms with van der Waals surface area (Å²) in [4.78, 5) is 11.1. The second kappa shape index (κ2) is 4.96. The predicted octanol–water partition coefficient (Wildman–Crippen LogP) is 3.04. The standard InChI is InChI=1S/C13H17ClN2O/c1-8-2-4-10(6-8)16-12-7-9(13(15)17)3-5-11(12)14/h3,5,7-8,10,16H,2,4,6H2,1H3,(H2,15,17). The highest BCUT2D eigenvalue weighted by Gasteiger charge is 2.21. The molecule has 1 aliphatic carbocycles. The van der Waals surface area contributed by atoms with Crippen LogP contribution in [0.1, 0.15) is 36.5 Å². The normalized spacial score (nSPS) is 23.6. The number of halogens is 1. The summed E-state index contributed by atoms with van der Waals surface area (Å²) >= 11 is 6.10. The Morgan fingerprint density at radius 2 is 2.24 bits per heavy atom. The van der Waals surface area contributed by atoms with Crippen molar-refractivity contribution in [2.45, 2.75) is 32.2 Å². The van der Waals surface area contributed by atoms with E-state index in [4.69, 9.17) is 17.3 Å². The molecule has 0 saturated heterocycles. The molecule has 2 atom stereocenters. The second-order valence-corrected chi connectivity index (χ2v) is 5.23. The number of hydrogen-bond donors (Lipinski definition) is 2. The summed E-state index contributed by atoms with van der Waals surface area (Å²) in [6, 6.07) is 5.54. The molecular weight excluding hydrogens is 236 g/mol. The lowest BCUT2D eigenvalue weighted by Gasteiger charge is -2.15. The minimum Gasteiger partial charge on any atom is -0.381 e. The third-order valence-electron chi connectivity index (χ3n) is 3.31. The molecule has 3 N–H and O–H groups in total. The molecule has 0 aromatic heterocycles. The first-order chi connectivity index (χ1) is 8.06. The number of anilines is 1. The van der Waals surface area contributed by atoms with Crippen molar-refractivity contribution in [3.05, 3.63) is 28.8 Å². The van der Waals surface area contributed by atoms with Crippen LogP contribution in [0.25, 0.3) is 0 Å². The Balaban J connectivity index is 2.14. The van der Waals surface area contributed by atoms with Crippen LogP contribution < -0.4 is 11.1 Å². The van der Waals surface area contributed by atoms with Crippen LogP contribution in [0, 0.1) is 5.92 Å². The van der Waals surface area contributed by atoms with Crippen molar-refractivity contribution >= 4 is 23.2 Å². The maximum absolute atomic E-state index is 11.1. The van der Waals surface area contributed by atoms with Crippen LogP contribution in [0.4, 0.5) is 5.69 Å². The van der Waals surface area contributed by atoms with Gasteiger partial charge in [-0.25, -0.2) is 0 Å². The fourth-order valence-corrected chi connectivity index (χ4v) is 2.52. The first-order valence-electron chi connectivity index (χ1n) is 5.92. The zero-order valence-corrected chi connectivity index (χ0v) is 10.6. The number of nitrogens with two attached hydrogens (primary N) is 1. The van der Waals surface area contributed by atoms with E-state index in [2.05, 4.69) is 12.2 Å². The van der Waals surface area contributed by atoms with Crippen molar-refractivity contribution in [3.8, 4) is 0 Å². The summed E-state index contributed by atoms with van der Waals surface area (Å²) in [6.07, 6.45) is 3.54. The van der Waals surface area contributed by atoms with Gasteiger partial charge in [-0.2, -0.15) is 0 Å². The molecule has 17 heavy (non-hydrogen) atoms. The number of carbonyl (C=O) groups is 1. The maximum Gasteiger partial charge on any atom is 0.248 e. The lowest BCUT2D eigenvalue weighted by molar-refractivity contribution is 0.100. The van der Waals surface area contributed by atoms with Gasteiger partial charge in [-0.15, -0.1) is 0 Å². The molecule has 0 aliphatic heterocycles. The van der Waals surface area contributed by atoms with E-state index in [1.807, 2.05) is 0 Å². The van der Waals surface area contributed by atoms with E-state index in [-0.39, 0.29) is 0 Å². The minimum absolute atomic E-state index is 0.426. The molecule has 1 amide bonds. The third kappa shape index (κ3) is 2.91. The van der Waals surface area contributed by atoms with Gasteiger partial charge in [0.05, 0.1) is 10.7 Å². The van der Waals surface area contributed by atoms with Crippen molar-refractivity contribution in [3.63, 3.8) is 0 Å². The van der Waals surface area contributed by atoms with Crippen LogP contribution in [0.15, 0.2) is 18.2 Å². The second-order valence-electron chi connectivity index (χ2n) is 4.82. The van der Waals surface area contributed by atoms with Crippen LogP contribution in [0.5, 0.6) is 0 Å². The quantitative estimate of drug-likeness (QED) is 0.869. The smallest absolute Gasteiger partial charge is 0.248 e. The summed E-state index contributed by atoms with van der Waals surface area (Å²) in [6.45, 7) is 2.25. The summed E-state index contributed by atoms with van der Waals surface area (Å²) in [7, 11) is 0. The van der Waals surface area contributed by atoms with E-state index in [1.54, 1.807) is 18.2 Å². The molecule has 92 valence electrons. The summed E-state index contributed by atoms with van der Waals surface area (Å²) in [5.74, 6) is 0.329.